The fourth-order valence-corrected chi connectivity index (χ4v) is 12.3. The topological polar surface area (TPSA) is 85.3 Å². The molecule has 2 aliphatic rings. The number of hydrogen-bond acceptors (Lipinski definition) is 5. The molecule has 5 nitrogen and oxygen atoms in total. The highest BCUT2D eigenvalue weighted by atomic mass is 35.5. The minimum Gasteiger partial charge on any atom is -0.299 e. The number of sulfone groups is 2. The van der Waals surface area contributed by atoms with Crippen molar-refractivity contribution in [2.24, 2.45) is 11.8 Å². The molecular formula is C36H34Cl2O5S2. The molecule has 4 aromatic carbocycles. The molecule has 0 radical (unpaired) electrons. The number of carbonyl (C=O) groups is 1. The summed E-state index contributed by atoms with van der Waals surface area (Å²) in [5.74, 6) is -2.61. The monoisotopic (exact) mass is 680 g/mol. The van der Waals surface area contributed by atoms with Crippen molar-refractivity contribution in [2.75, 3.05) is 0 Å². The van der Waals surface area contributed by atoms with Crippen LogP contribution in [0.1, 0.15) is 53.4 Å². The second-order valence-corrected chi connectivity index (χ2v) is 17.5. The first-order valence-electron chi connectivity index (χ1n) is 15.0. The van der Waals surface area contributed by atoms with Gasteiger partial charge in [0.15, 0.2) is 19.7 Å². The fraction of sp³-hybridized carbons (Fsp3) is 0.306. The zero-order chi connectivity index (χ0) is 32.1. The van der Waals surface area contributed by atoms with Crippen LogP contribution in [0.5, 0.6) is 0 Å². The van der Waals surface area contributed by atoms with Gasteiger partial charge in [-0.1, -0.05) is 83.4 Å². The SMILES string of the molecule is Cc1ccc(S(=O)(=O)C2C[C@H]3C(=O)CC(c4ccc(Cl)cc4)C(S(=O)(=O)c4ccccc4C)C3CC2c2ccc(Cl)cc2)cc1. The van der Waals surface area contributed by atoms with E-state index >= 15 is 0 Å². The molecule has 6 atom stereocenters. The molecule has 2 saturated carbocycles. The minimum atomic E-state index is -3.97. The van der Waals surface area contributed by atoms with Crippen LogP contribution in [0.3, 0.4) is 0 Å². The number of aryl methyl sites for hydroxylation is 2. The summed E-state index contributed by atoms with van der Waals surface area (Å²) in [6.07, 6.45) is 0.259. The predicted molar refractivity (Wildman–Crippen MR) is 179 cm³/mol. The van der Waals surface area contributed by atoms with Crippen molar-refractivity contribution in [1.29, 1.82) is 0 Å². The molecule has 45 heavy (non-hydrogen) atoms. The first-order chi connectivity index (χ1) is 21.4. The van der Waals surface area contributed by atoms with Gasteiger partial charge in [0.05, 0.1) is 20.3 Å². The Hall–Kier alpha value is -2.97. The Balaban J connectivity index is 1.52. The van der Waals surface area contributed by atoms with Crippen LogP contribution in [0.15, 0.2) is 107 Å². The summed E-state index contributed by atoms with van der Waals surface area (Å²) >= 11 is 12.4. The summed E-state index contributed by atoms with van der Waals surface area (Å²) in [4.78, 5) is 14.5. The molecule has 5 unspecified atom stereocenters. The van der Waals surface area contributed by atoms with Crippen LogP contribution < -0.4 is 0 Å². The molecule has 9 heteroatoms. The Morgan fingerprint density at radius 3 is 1.76 bits per heavy atom. The van der Waals surface area contributed by atoms with Crippen LogP contribution in [0, 0.1) is 25.7 Å². The van der Waals surface area contributed by atoms with Crippen molar-refractivity contribution in [3.05, 3.63) is 129 Å². The lowest BCUT2D eigenvalue weighted by atomic mass is 9.62. The van der Waals surface area contributed by atoms with Crippen molar-refractivity contribution in [1.82, 2.24) is 0 Å². The fourth-order valence-electron chi connectivity index (χ4n) is 7.51. The quantitative estimate of drug-likeness (QED) is 0.205. The Labute approximate surface area is 275 Å². The van der Waals surface area contributed by atoms with Crippen LogP contribution in [0.2, 0.25) is 10.0 Å². The van der Waals surface area contributed by atoms with Gasteiger partial charge in [0, 0.05) is 34.2 Å². The van der Waals surface area contributed by atoms with E-state index in [4.69, 9.17) is 23.2 Å². The molecule has 0 spiro atoms. The second kappa shape index (κ2) is 12.3. The normalized spacial score (nSPS) is 25.5. The zero-order valence-electron chi connectivity index (χ0n) is 24.9. The van der Waals surface area contributed by atoms with E-state index in [2.05, 4.69) is 0 Å². The zero-order valence-corrected chi connectivity index (χ0v) is 28.1. The summed E-state index contributed by atoms with van der Waals surface area (Å²) in [6, 6.07) is 27.8. The van der Waals surface area contributed by atoms with E-state index in [1.807, 2.05) is 19.1 Å². The maximum atomic E-state index is 14.8. The molecule has 6 rings (SSSR count). The highest BCUT2D eigenvalue weighted by molar-refractivity contribution is 7.92. The Morgan fingerprint density at radius 1 is 0.622 bits per heavy atom. The Morgan fingerprint density at radius 2 is 1.18 bits per heavy atom. The maximum Gasteiger partial charge on any atom is 0.182 e. The average molecular weight is 682 g/mol. The van der Waals surface area contributed by atoms with Gasteiger partial charge in [0.25, 0.3) is 0 Å². The van der Waals surface area contributed by atoms with E-state index in [-0.39, 0.29) is 34.8 Å². The number of ketones is 1. The third-order valence-electron chi connectivity index (χ3n) is 9.73. The number of halogens is 2. The van der Waals surface area contributed by atoms with Crippen molar-refractivity contribution in [3.8, 4) is 0 Å². The van der Waals surface area contributed by atoms with Gasteiger partial charge in [0.2, 0.25) is 0 Å². The van der Waals surface area contributed by atoms with Gasteiger partial charge in [-0.3, -0.25) is 4.79 Å². The standard InChI is InChI=1S/C36H34Cl2O5S2/c1-22-7-17-28(18-8-22)44(40,41)35-21-31-32(19-29(35)24-9-13-26(37)14-10-24)36(45(42,43)34-6-4-3-5-23(34)2)30(20-33(31)39)25-11-15-27(38)16-12-25/h3-18,29-32,35-36H,19-21H2,1-2H3/t29?,30?,31-,32?,35?,36?/m1/s1. The summed E-state index contributed by atoms with van der Waals surface area (Å²) < 4.78 is 58.2. The van der Waals surface area contributed by atoms with Crippen LogP contribution >= 0.6 is 23.2 Å². The van der Waals surface area contributed by atoms with Crippen molar-refractivity contribution < 1.29 is 21.6 Å². The number of Topliss-reactive ketones (excluding diaryl/α,β-unsaturated/α-hetero) is 1. The molecule has 4 aromatic rings. The summed E-state index contributed by atoms with van der Waals surface area (Å²) in [7, 11) is -7.86. The van der Waals surface area contributed by atoms with Crippen molar-refractivity contribution >= 4 is 48.7 Å². The number of fused-ring (bicyclic) bond motifs is 1. The summed E-state index contributed by atoms with van der Waals surface area (Å²) in [5.41, 5.74) is 3.05. The van der Waals surface area contributed by atoms with Gasteiger partial charge in [-0.25, -0.2) is 16.8 Å². The maximum absolute atomic E-state index is 14.8. The molecule has 2 fully saturated rings. The molecule has 0 saturated heterocycles. The largest absolute Gasteiger partial charge is 0.299 e. The number of benzene rings is 4. The minimum absolute atomic E-state index is 0.00148. The first-order valence-corrected chi connectivity index (χ1v) is 18.9. The lowest BCUT2D eigenvalue weighted by Gasteiger charge is -2.48. The lowest BCUT2D eigenvalue weighted by molar-refractivity contribution is -0.128. The number of rotatable bonds is 6. The first kappa shape index (κ1) is 32.0. The van der Waals surface area contributed by atoms with Crippen LogP contribution in [-0.4, -0.2) is 33.1 Å². The highest BCUT2D eigenvalue weighted by Gasteiger charge is 2.56. The third kappa shape index (κ3) is 6.00. The van der Waals surface area contributed by atoms with Crippen LogP contribution in [-0.2, 0) is 24.5 Å². The molecule has 0 aromatic heterocycles. The molecular weight excluding hydrogens is 647 g/mol. The lowest BCUT2D eigenvalue weighted by Crippen LogP contribution is -2.53. The van der Waals surface area contributed by atoms with E-state index in [1.165, 1.54) is 0 Å². The highest BCUT2D eigenvalue weighted by Crippen LogP contribution is 2.54. The molecule has 234 valence electrons. The predicted octanol–water partition coefficient (Wildman–Crippen LogP) is 8.16. The molecule has 0 bridgehead atoms. The smallest absolute Gasteiger partial charge is 0.182 e. The van der Waals surface area contributed by atoms with E-state index in [1.54, 1.807) is 91.9 Å². The van der Waals surface area contributed by atoms with Crippen molar-refractivity contribution in [3.63, 3.8) is 0 Å². The number of carbonyl (C=O) groups excluding carboxylic acids is 1. The molecule has 0 heterocycles. The summed E-state index contributed by atoms with van der Waals surface area (Å²) in [6.45, 7) is 3.67. The molecule has 2 aliphatic carbocycles. The van der Waals surface area contributed by atoms with Gasteiger partial charge in [-0.15, -0.1) is 0 Å². The Bertz CT molecular complexity index is 1940. The molecule has 0 amide bonds. The summed E-state index contributed by atoms with van der Waals surface area (Å²) in [5, 5.41) is -0.830. The van der Waals surface area contributed by atoms with E-state index in [0.717, 1.165) is 16.7 Å². The van der Waals surface area contributed by atoms with E-state index in [9.17, 15) is 21.6 Å². The van der Waals surface area contributed by atoms with Gasteiger partial charge >= 0.3 is 0 Å². The molecule has 0 aliphatic heterocycles. The van der Waals surface area contributed by atoms with Gasteiger partial charge in [0.1, 0.15) is 5.78 Å². The average Bonchev–Trinajstić information content (AvgIpc) is 3.01. The van der Waals surface area contributed by atoms with E-state index < -0.39 is 53.8 Å². The third-order valence-corrected chi connectivity index (χ3v) is 15.0. The molecule has 0 N–H and O–H groups in total. The Kier molecular flexibility index (Phi) is 8.76. The van der Waals surface area contributed by atoms with Gasteiger partial charge in [-0.2, -0.15) is 0 Å². The second-order valence-electron chi connectivity index (χ2n) is 12.4. The van der Waals surface area contributed by atoms with Crippen LogP contribution in [0.25, 0.3) is 0 Å². The van der Waals surface area contributed by atoms with Crippen molar-refractivity contribution in [2.45, 2.75) is 65.2 Å². The van der Waals surface area contributed by atoms with Gasteiger partial charge < -0.3 is 0 Å². The van der Waals surface area contributed by atoms with Crippen LogP contribution in [0.4, 0.5) is 0 Å². The number of hydrogen-bond donors (Lipinski definition) is 0. The van der Waals surface area contributed by atoms with Gasteiger partial charge in [-0.05, 0) is 91.8 Å². The van der Waals surface area contributed by atoms with E-state index in [0.29, 0.717) is 15.6 Å².